The van der Waals surface area contributed by atoms with E-state index in [-0.39, 0.29) is 6.10 Å². The second-order valence-corrected chi connectivity index (χ2v) is 5.17. The number of carbonyl (C=O) groups excluding carboxylic acids is 1. The molecule has 0 bridgehead atoms. The molecule has 0 aromatic rings. The van der Waals surface area contributed by atoms with Gasteiger partial charge in [-0.2, -0.15) is 0 Å². The predicted molar refractivity (Wildman–Crippen MR) is 69.0 cm³/mol. The van der Waals surface area contributed by atoms with E-state index in [1.54, 1.807) is 6.92 Å². The van der Waals surface area contributed by atoms with Crippen molar-refractivity contribution in [3.8, 4) is 0 Å². The van der Waals surface area contributed by atoms with Crippen LogP contribution in [0.2, 0.25) is 0 Å². The van der Waals surface area contributed by atoms with Crippen LogP contribution in [0, 0.1) is 0 Å². The fourth-order valence-electron chi connectivity index (χ4n) is 2.16. The van der Waals surface area contributed by atoms with Gasteiger partial charge in [0.1, 0.15) is 6.10 Å². The Morgan fingerprint density at radius 3 is 2.47 bits per heavy atom. The van der Waals surface area contributed by atoms with Crippen LogP contribution in [-0.4, -0.2) is 37.1 Å². The summed E-state index contributed by atoms with van der Waals surface area (Å²) in [5.74, 6) is -3.56. The van der Waals surface area contributed by atoms with E-state index in [9.17, 15) is 13.6 Å². The molecule has 112 valence electrons. The molecule has 6 heteroatoms. The van der Waals surface area contributed by atoms with E-state index < -0.39 is 31.0 Å². The summed E-state index contributed by atoms with van der Waals surface area (Å²) in [5, 5.41) is 2.18. The Morgan fingerprint density at radius 2 is 1.95 bits per heavy atom. The van der Waals surface area contributed by atoms with Crippen LogP contribution in [0.4, 0.5) is 8.78 Å². The van der Waals surface area contributed by atoms with Crippen LogP contribution in [-0.2, 0) is 9.53 Å². The standard InChI is InChI=1S/C13H24F2N2O2/c1-10(12(18)17-9-13(14,15)8-16)19-11-6-4-2-3-5-7-11/h10-11H,2-9,16H2,1H3,(H,17,18). The number of hydrogen-bond acceptors (Lipinski definition) is 3. The van der Waals surface area contributed by atoms with E-state index in [4.69, 9.17) is 10.5 Å². The number of nitrogens with one attached hydrogen (secondary N) is 1. The second-order valence-electron chi connectivity index (χ2n) is 5.17. The predicted octanol–water partition coefficient (Wildman–Crippen LogP) is 1.82. The van der Waals surface area contributed by atoms with Gasteiger partial charge in [0, 0.05) is 0 Å². The van der Waals surface area contributed by atoms with Crippen LogP contribution in [0.5, 0.6) is 0 Å². The van der Waals surface area contributed by atoms with Crippen LogP contribution in [0.25, 0.3) is 0 Å². The topological polar surface area (TPSA) is 64.3 Å². The van der Waals surface area contributed by atoms with Gasteiger partial charge in [-0.15, -0.1) is 0 Å². The molecule has 0 saturated heterocycles. The summed E-state index contributed by atoms with van der Waals surface area (Å²) in [4.78, 5) is 11.7. The van der Waals surface area contributed by atoms with Crippen LogP contribution < -0.4 is 11.1 Å². The molecule has 0 aromatic carbocycles. The third kappa shape index (κ3) is 6.29. The van der Waals surface area contributed by atoms with Crippen molar-refractivity contribution < 1.29 is 18.3 Å². The van der Waals surface area contributed by atoms with E-state index in [1.165, 1.54) is 12.8 Å². The Morgan fingerprint density at radius 1 is 1.37 bits per heavy atom. The molecule has 0 aliphatic heterocycles. The van der Waals surface area contributed by atoms with Crippen LogP contribution in [0.1, 0.15) is 45.4 Å². The van der Waals surface area contributed by atoms with Gasteiger partial charge in [0.05, 0.1) is 19.2 Å². The first kappa shape index (κ1) is 16.3. The lowest BCUT2D eigenvalue weighted by Gasteiger charge is -2.22. The fourth-order valence-corrected chi connectivity index (χ4v) is 2.16. The molecule has 0 radical (unpaired) electrons. The molecule has 0 heterocycles. The van der Waals surface area contributed by atoms with E-state index in [0.29, 0.717) is 0 Å². The summed E-state index contributed by atoms with van der Waals surface area (Å²) < 4.78 is 31.5. The van der Waals surface area contributed by atoms with Crippen molar-refractivity contribution in [2.75, 3.05) is 13.1 Å². The lowest BCUT2D eigenvalue weighted by molar-refractivity contribution is -0.137. The van der Waals surface area contributed by atoms with Crippen molar-refractivity contribution in [2.24, 2.45) is 5.73 Å². The van der Waals surface area contributed by atoms with Crippen molar-refractivity contribution >= 4 is 5.91 Å². The molecule has 1 aliphatic carbocycles. The van der Waals surface area contributed by atoms with E-state index >= 15 is 0 Å². The number of amides is 1. The quantitative estimate of drug-likeness (QED) is 0.728. The van der Waals surface area contributed by atoms with Crippen molar-refractivity contribution in [2.45, 2.75) is 63.6 Å². The van der Waals surface area contributed by atoms with Gasteiger partial charge >= 0.3 is 0 Å². The molecular formula is C13H24F2N2O2. The number of hydrogen-bond donors (Lipinski definition) is 2. The van der Waals surface area contributed by atoms with E-state index in [2.05, 4.69) is 5.32 Å². The summed E-state index contributed by atoms with van der Waals surface area (Å²) in [7, 11) is 0. The Balaban J connectivity index is 2.31. The number of halogens is 2. The van der Waals surface area contributed by atoms with Gasteiger partial charge in [-0.1, -0.05) is 25.7 Å². The average molecular weight is 278 g/mol. The minimum atomic E-state index is -3.06. The molecule has 1 aliphatic rings. The highest BCUT2D eigenvalue weighted by Crippen LogP contribution is 2.21. The molecule has 0 aromatic heterocycles. The third-order valence-corrected chi connectivity index (χ3v) is 3.39. The first-order chi connectivity index (χ1) is 8.94. The van der Waals surface area contributed by atoms with Crippen LogP contribution in [0.3, 0.4) is 0 Å². The van der Waals surface area contributed by atoms with Crippen molar-refractivity contribution in [3.05, 3.63) is 0 Å². The summed E-state index contributed by atoms with van der Waals surface area (Å²) in [6.45, 7) is 0.0899. The van der Waals surface area contributed by atoms with E-state index in [1.807, 2.05) is 0 Å². The van der Waals surface area contributed by atoms with Gasteiger partial charge in [0.2, 0.25) is 5.91 Å². The third-order valence-electron chi connectivity index (χ3n) is 3.39. The Labute approximate surface area is 113 Å². The molecule has 4 nitrogen and oxygen atoms in total. The molecule has 1 amide bonds. The zero-order valence-electron chi connectivity index (χ0n) is 11.5. The highest BCUT2D eigenvalue weighted by Gasteiger charge is 2.29. The highest BCUT2D eigenvalue weighted by molar-refractivity contribution is 5.80. The van der Waals surface area contributed by atoms with Crippen molar-refractivity contribution in [3.63, 3.8) is 0 Å². The molecular weight excluding hydrogens is 254 g/mol. The molecule has 1 saturated carbocycles. The second kappa shape index (κ2) is 7.75. The van der Waals surface area contributed by atoms with E-state index in [0.717, 1.165) is 25.7 Å². The zero-order valence-corrected chi connectivity index (χ0v) is 11.5. The van der Waals surface area contributed by atoms with Crippen LogP contribution >= 0.6 is 0 Å². The largest absolute Gasteiger partial charge is 0.365 e. The first-order valence-corrected chi connectivity index (χ1v) is 6.95. The van der Waals surface area contributed by atoms with Gasteiger partial charge in [-0.05, 0) is 19.8 Å². The summed E-state index contributed by atoms with van der Waals surface area (Å²) in [5.41, 5.74) is 4.90. The maximum Gasteiger partial charge on any atom is 0.277 e. The minimum absolute atomic E-state index is 0.0678. The zero-order chi connectivity index (χ0) is 14.3. The first-order valence-electron chi connectivity index (χ1n) is 6.95. The number of rotatable bonds is 6. The summed E-state index contributed by atoms with van der Waals surface area (Å²) in [6, 6.07) is 0. The van der Waals surface area contributed by atoms with Crippen LogP contribution in [0.15, 0.2) is 0 Å². The minimum Gasteiger partial charge on any atom is -0.365 e. The molecule has 19 heavy (non-hydrogen) atoms. The molecule has 3 N–H and O–H groups in total. The summed E-state index contributed by atoms with van der Waals surface area (Å²) >= 11 is 0. The molecule has 1 atom stereocenters. The number of alkyl halides is 2. The fraction of sp³-hybridized carbons (Fsp3) is 0.923. The molecule has 1 fully saturated rings. The van der Waals surface area contributed by atoms with Gasteiger partial charge in [0.25, 0.3) is 5.92 Å². The molecule has 1 unspecified atom stereocenters. The van der Waals surface area contributed by atoms with Gasteiger partial charge < -0.3 is 15.8 Å². The van der Waals surface area contributed by atoms with Gasteiger partial charge in [-0.25, -0.2) is 8.78 Å². The average Bonchev–Trinajstić information content (AvgIpc) is 2.64. The SMILES string of the molecule is CC(OC1CCCCCC1)C(=O)NCC(F)(F)CN. The Hall–Kier alpha value is -0.750. The number of carbonyl (C=O) groups is 1. The maximum atomic E-state index is 12.9. The smallest absolute Gasteiger partial charge is 0.277 e. The highest BCUT2D eigenvalue weighted by atomic mass is 19.3. The monoisotopic (exact) mass is 278 g/mol. The molecule has 0 spiro atoms. The number of ether oxygens (including phenoxy) is 1. The van der Waals surface area contributed by atoms with Gasteiger partial charge in [0.15, 0.2) is 0 Å². The lowest BCUT2D eigenvalue weighted by atomic mass is 10.1. The number of nitrogens with two attached hydrogens (primary N) is 1. The Kier molecular flexibility index (Phi) is 6.65. The molecule has 1 rings (SSSR count). The normalized spacial score (nSPS) is 19.8. The van der Waals surface area contributed by atoms with Crippen molar-refractivity contribution in [1.82, 2.24) is 5.32 Å². The Bertz CT molecular complexity index is 280. The van der Waals surface area contributed by atoms with Crippen molar-refractivity contribution in [1.29, 1.82) is 0 Å². The lowest BCUT2D eigenvalue weighted by Crippen LogP contribution is -2.45. The van der Waals surface area contributed by atoms with Gasteiger partial charge in [-0.3, -0.25) is 4.79 Å². The summed E-state index contributed by atoms with van der Waals surface area (Å²) in [6.07, 6.45) is 5.85. The maximum absolute atomic E-state index is 12.9.